The van der Waals surface area contributed by atoms with Gasteiger partial charge in [0.1, 0.15) is 17.5 Å². The number of nitrogen functional groups attached to an aromatic ring is 1. The van der Waals surface area contributed by atoms with Crippen molar-refractivity contribution in [2.75, 3.05) is 43.9 Å². The average molecular weight is 233 g/mol. The Kier molecular flexibility index (Phi) is 2.63. The molecule has 0 bridgehead atoms. The molecule has 1 aliphatic heterocycles. The first-order chi connectivity index (χ1) is 8.22. The van der Waals surface area contributed by atoms with Gasteiger partial charge in [-0.1, -0.05) is 0 Å². The van der Waals surface area contributed by atoms with Gasteiger partial charge in [-0.2, -0.15) is 0 Å². The van der Waals surface area contributed by atoms with Gasteiger partial charge in [0.05, 0.1) is 0 Å². The Labute approximate surface area is 102 Å². The van der Waals surface area contributed by atoms with Crippen LogP contribution in [0.1, 0.15) is 24.6 Å². The number of rotatable bonds is 2. The Balaban J connectivity index is 1.81. The fraction of sp³-hybridized carbons (Fsp3) is 0.667. The lowest BCUT2D eigenvalue weighted by Crippen LogP contribution is -2.44. The molecular weight excluding hydrogens is 214 g/mol. The lowest BCUT2D eigenvalue weighted by Gasteiger charge is -2.33. The molecule has 17 heavy (non-hydrogen) atoms. The number of nitrogens with two attached hydrogens (primary N) is 1. The summed E-state index contributed by atoms with van der Waals surface area (Å²) in [5.74, 6) is 3.12. The molecule has 0 atom stereocenters. The Hall–Kier alpha value is -1.36. The van der Waals surface area contributed by atoms with Gasteiger partial charge in [-0.3, -0.25) is 0 Å². The Morgan fingerprint density at radius 1 is 1.18 bits per heavy atom. The molecule has 2 heterocycles. The van der Waals surface area contributed by atoms with Crippen molar-refractivity contribution < 1.29 is 0 Å². The molecule has 2 aliphatic rings. The van der Waals surface area contributed by atoms with E-state index in [1.165, 1.54) is 12.8 Å². The molecule has 0 spiro atoms. The van der Waals surface area contributed by atoms with Crippen molar-refractivity contribution in [2.45, 2.75) is 18.8 Å². The maximum atomic E-state index is 5.87. The predicted octanol–water partition coefficient (Wildman–Crippen LogP) is 0.688. The zero-order chi connectivity index (χ0) is 11.8. The molecule has 0 amide bonds. The van der Waals surface area contributed by atoms with Crippen molar-refractivity contribution in [1.82, 2.24) is 14.9 Å². The van der Waals surface area contributed by atoms with Crippen LogP contribution in [0.5, 0.6) is 0 Å². The molecule has 2 N–H and O–H groups in total. The third-order valence-electron chi connectivity index (χ3n) is 3.52. The highest BCUT2D eigenvalue weighted by molar-refractivity contribution is 5.48. The third-order valence-corrected chi connectivity index (χ3v) is 3.52. The van der Waals surface area contributed by atoms with Gasteiger partial charge in [-0.25, -0.2) is 9.97 Å². The second kappa shape index (κ2) is 4.14. The summed E-state index contributed by atoms with van der Waals surface area (Å²) < 4.78 is 0. The number of piperazine rings is 1. The summed E-state index contributed by atoms with van der Waals surface area (Å²) in [4.78, 5) is 13.6. The summed E-state index contributed by atoms with van der Waals surface area (Å²) in [6.07, 6.45) is 2.43. The number of hydrogen-bond acceptors (Lipinski definition) is 5. The Morgan fingerprint density at radius 2 is 1.88 bits per heavy atom. The van der Waals surface area contributed by atoms with Crippen LogP contribution >= 0.6 is 0 Å². The third kappa shape index (κ3) is 2.34. The van der Waals surface area contributed by atoms with E-state index < -0.39 is 0 Å². The molecule has 0 radical (unpaired) electrons. The maximum Gasteiger partial charge on any atom is 0.136 e. The van der Waals surface area contributed by atoms with Crippen LogP contribution in [0.25, 0.3) is 0 Å². The second-order valence-corrected chi connectivity index (χ2v) is 5.07. The first-order valence-corrected chi connectivity index (χ1v) is 6.30. The van der Waals surface area contributed by atoms with Crippen LogP contribution in [0.3, 0.4) is 0 Å². The molecule has 3 rings (SSSR count). The molecule has 0 aromatic carbocycles. The van der Waals surface area contributed by atoms with Gasteiger partial charge < -0.3 is 15.5 Å². The van der Waals surface area contributed by atoms with Crippen molar-refractivity contribution in [3.05, 3.63) is 11.9 Å². The molecule has 92 valence electrons. The monoisotopic (exact) mass is 233 g/mol. The smallest absolute Gasteiger partial charge is 0.136 e. The highest BCUT2D eigenvalue weighted by atomic mass is 15.3. The average Bonchev–Trinajstić information content (AvgIpc) is 3.13. The van der Waals surface area contributed by atoms with E-state index in [-0.39, 0.29) is 0 Å². The van der Waals surface area contributed by atoms with Gasteiger partial charge in [-0.05, 0) is 19.9 Å². The summed E-state index contributed by atoms with van der Waals surface area (Å²) in [6, 6.07) is 1.90. The first kappa shape index (κ1) is 10.8. The molecule has 0 unspecified atom stereocenters. The number of anilines is 2. The summed E-state index contributed by atoms with van der Waals surface area (Å²) in [6.45, 7) is 4.22. The van der Waals surface area contributed by atoms with E-state index in [0.717, 1.165) is 37.8 Å². The Bertz CT molecular complexity index is 407. The van der Waals surface area contributed by atoms with Gasteiger partial charge in [0.15, 0.2) is 0 Å². The van der Waals surface area contributed by atoms with Crippen LogP contribution in [0, 0.1) is 0 Å². The van der Waals surface area contributed by atoms with Gasteiger partial charge in [-0.15, -0.1) is 0 Å². The number of nitrogens with zero attached hydrogens (tertiary/aromatic N) is 4. The van der Waals surface area contributed by atoms with E-state index in [2.05, 4.69) is 26.8 Å². The van der Waals surface area contributed by atoms with Crippen LogP contribution in [-0.4, -0.2) is 48.1 Å². The Morgan fingerprint density at radius 3 is 2.53 bits per heavy atom. The lowest BCUT2D eigenvalue weighted by atomic mass is 10.3. The molecule has 2 fully saturated rings. The van der Waals surface area contributed by atoms with E-state index in [9.17, 15) is 0 Å². The molecule has 1 aromatic rings. The zero-order valence-electron chi connectivity index (χ0n) is 10.3. The van der Waals surface area contributed by atoms with Crippen molar-refractivity contribution in [2.24, 2.45) is 0 Å². The van der Waals surface area contributed by atoms with Crippen LogP contribution in [-0.2, 0) is 0 Å². The fourth-order valence-electron chi connectivity index (χ4n) is 2.19. The predicted molar refractivity (Wildman–Crippen MR) is 68.1 cm³/mol. The van der Waals surface area contributed by atoms with Gasteiger partial charge in [0.2, 0.25) is 0 Å². The van der Waals surface area contributed by atoms with Gasteiger partial charge >= 0.3 is 0 Å². The van der Waals surface area contributed by atoms with Crippen LogP contribution in [0.4, 0.5) is 11.6 Å². The largest absolute Gasteiger partial charge is 0.384 e. The van der Waals surface area contributed by atoms with Crippen molar-refractivity contribution in [3.8, 4) is 0 Å². The second-order valence-electron chi connectivity index (χ2n) is 5.07. The van der Waals surface area contributed by atoms with E-state index in [1.54, 1.807) is 0 Å². The summed E-state index contributed by atoms with van der Waals surface area (Å²) in [5, 5.41) is 0. The highest BCUT2D eigenvalue weighted by Gasteiger charge is 2.28. The van der Waals surface area contributed by atoms with Crippen LogP contribution < -0.4 is 10.6 Å². The van der Waals surface area contributed by atoms with Crippen molar-refractivity contribution in [3.63, 3.8) is 0 Å². The van der Waals surface area contributed by atoms with E-state index in [1.807, 2.05) is 6.07 Å². The normalized spacial score (nSPS) is 21.8. The van der Waals surface area contributed by atoms with E-state index in [4.69, 9.17) is 5.73 Å². The number of aromatic nitrogens is 2. The summed E-state index contributed by atoms with van der Waals surface area (Å²) in [7, 11) is 2.15. The molecule has 5 nitrogen and oxygen atoms in total. The highest BCUT2D eigenvalue weighted by Crippen LogP contribution is 2.38. The fourth-order valence-corrected chi connectivity index (χ4v) is 2.19. The van der Waals surface area contributed by atoms with Crippen LogP contribution in [0.15, 0.2) is 6.07 Å². The quantitative estimate of drug-likeness (QED) is 0.814. The first-order valence-electron chi connectivity index (χ1n) is 6.30. The molecule has 1 aliphatic carbocycles. The zero-order valence-corrected chi connectivity index (χ0v) is 10.3. The topological polar surface area (TPSA) is 58.3 Å². The SMILES string of the molecule is CN1CCN(c2cc(N)nc(C3CC3)n2)CC1. The van der Waals surface area contributed by atoms with Gasteiger partial charge in [0, 0.05) is 38.2 Å². The van der Waals surface area contributed by atoms with Crippen molar-refractivity contribution in [1.29, 1.82) is 0 Å². The number of hydrogen-bond donors (Lipinski definition) is 1. The maximum absolute atomic E-state index is 5.87. The number of likely N-dealkylation sites (N-methyl/N-ethyl adjacent to an activating group) is 1. The molecule has 1 aromatic heterocycles. The molecular formula is C12H19N5. The summed E-state index contributed by atoms with van der Waals surface area (Å²) >= 11 is 0. The molecule has 1 saturated carbocycles. The molecule has 1 saturated heterocycles. The standard InChI is InChI=1S/C12H19N5/c1-16-4-6-17(7-5-16)11-8-10(13)14-12(15-11)9-2-3-9/h8-9H,2-7H2,1H3,(H2,13,14,15). The van der Waals surface area contributed by atoms with E-state index in [0.29, 0.717) is 11.7 Å². The minimum absolute atomic E-state index is 0.560. The van der Waals surface area contributed by atoms with Gasteiger partial charge in [0.25, 0.3) is 0 Å². The van der Waals surface area contributed by atoms with Crippen LogP contribution in [0.2, 0.25) is 0 Å². The van der Waals surface area contributed by atoms with Crippen molar-refractivity contribution >= 4 is 11.6 Å². The van der Waals surface area contributed by atoms with E-state index >= 15 is 0 Å². The minimum Gasteiger partial charge on any atom is -0.384 e. The molecule has 5 heteroatoms. The lowest BCUT2D eigenvalue weighted by molar-refractivity contribution is 0.312. The minimum atomic E-state index is 0.560. The summed E-state index contributed by atoms with van der Waals surface area (Å²) in [5.41, 5.74) is 5.87.